The van der Waals surface area contributed by atoms with Gasteiger partial charge in [-0.3, -0.25) is 14.4 Å². The fraction of sp³-hybridized carbons (Fsp3) is 0.211. The van der Waals surface area contributed by atoms with E-state index in [-0.39, 0.29) is 0 Å². The number of carbonyl (C=O) groups is 1. The number of nitrogens with zero attached hydrogens (tertiary/aromatic N) is 3. The number of hydrogen-bond acceptors (Lipinski definition) is 6. The van der Waals surface area contributed by atoms with Crippen LogP contribution in [0.2, 0.25) is 0 Å². The van der Waals surface area contributed by atoms with Crippen LogP contribution in [0, 0.1) is 0 Å². The normalized spacial score (nSPS) is 12.4. The Kier molecular flexibility index (Phi) is 6.05. The highest BCUT2D eigenvalue weighted by Crippen LogP contribution is 2.27. The molecule has 1 heterocycles. The lowest BCUT2D eigenvalue weighted by atomic mass is 10.2. The van der Waals surface area contributed by atoms with Crippen molar-refractivity contribution in [3.05, 3.63) is 60.7 Å². The fourth-order valence-corrected chi connectivity index (χ4v) is 4.76. The Hall–Kier alpha value is -2.78. The van der Waals surface area contributed by atoms with Crippen LogP contribution in [0.5, 0.6) is 0 Å². The zero-order chi connectivity index (χ0) is 20.1. The van der Waals surface area contributed by atoms with E-state index in [0.717, 1.165) is 16.1 Å². The van der Waals surface area contributed by atoms with Crippen LogP contribution in [0.3, 0.4) is 0 Å². The smallest absolute Gasteiger partial charge is 0.250 e. The Bertz CT molecular complexity index is 1040. The predicted octanol–water partition coefficient (Wildman–Crippen LogP) is 3.39. The first-order valence-electron chi connectivity index (χ1n) is 8.64. The maximum absolute atomic E-state index is 12.9. The average Bonchev–Trinajstić information content (AvgIpc) is 3.14. The summed E-state index contributed by atoms with van der Waals surface area (Å²) in [5, 5.41) is 11.8. The summed E-state index contributed by atoms with van der Waals surface area (Å²) in [6.07, 6.45) is 1.40. The van der Waals surface area contributed by atoms with Crippen molar-refractivity contribution < 1.29 is 13.2 Å². The number of sulfonamides is 1. The van der Waals surface area contributed by atoms with Gasteiger partial charge < -0.3 is 0 Å². The van der Waals surface area contributed by atoms with Crippen molar-refractivity contribution in [3.63, 3.8) is 0 Å². The Labute approximate surface area is 168 Å². The van der Waals surface area contributed by atoms with Crippen LogP contribution < -0.4 is 9.62 Å². The van der Waals surface area contributed by atoms with Crippen LogP contribution in [-0.4, -0.2) is 36.8 Å². The van der Waals surface area contributed by atoms with E-state index < -0.39 is 22.0 Å². The van der Waals surface area contributed by atoms with E-state index in [4.69, 9.17) is 0 Å². The molecule has 0 saturated heterocycles. The average molecular weight is 417 g/mol. The third kappa shape index (κ3) is 4.55. The number of rotatable bonds is 7. The van der Waals surface area contributed by atoms with Gasteiger partial charge in [-0.2, -0.15) is 0 Å². The third-order valence-corrected chi connectivity index (χ3v) is 6.08. The molecule has 0 aliphatic carbocycles. The number of amides is 1. The number of anilines is 2. The highest BCUT2D eigenvalue weighted by molar-refractivity contribution is 7.92. The van der Waals surface area contributed by atoms with Gasteiger partial charge in [0.25, 0.3) is 0 Å². The summed E-state index contributed by atoms with van der Waals surface area (Å²) >= 11 is 1.24. The zero-order valence-corrected chi connectivity index (χ0v) is 17.1. The van der Waals surface area contributed by atoms with Crippen LogP contribution in [0.1, 0.15) is 13.3 Å². The summed E-state index contributed by atoms with van der Waals surface area (Å²) in [6, 6.07) is 17.2. The molecule has 0 aliphatic heterocycles. The first kappa shape index (κ1) is 20.0. The number of hydrogen-bond donors (Lipinski definition) is 1. The van der Waals surface area contributed by atoms with Crippen molar-refractivity contribution in [2.24, 2.45) is 0 Å². The quantitative estimate of drug-likeness (QED) is 0.637. The van der Waals surface area contributed by atoms with E-state index in [9.17, 15) is 13.2 Å². The first-order valence-corrected chi connectivity index (χ1v) is 11.3. The Morgan fingerprint density at radius 2 is 1.68 bits per heavy atom. The summed E-state index contributed by atoms with van der Waals surface area (Å²) in [6.45, 7) is 1.76. The van der Waals surface area contributed by atoms with E-state index in [1.807, 2.05) is 30.3 Å². The summed E-state index contributed by atoms with van der Waals surface area (Å²) in [7, 11) is -3.66. The monoisotopic (exact) mass is 416 g/mol. The molecule has 0 saturated carbocycles. The fourth-order valence-electron chi connectivity index (χ4n) is 2.80. The largest absolute Gasteiger partial charge is 0.299 e. The standard InChI is InChI=1S/C19H20N4O3S2/c1-3-16(23(28(2,25)26)15-12-8-5-9-13-15)17(24)20-19-22-21-18(27-19)14-10-6-4-7-11-14/h4-13,16H,3H2,1-2H3,(H,20,22,24)/t16-/m1/s1. The molecule has 28 heavy (non-hydrogen) atoms. The number of nitrogens with one attached hydrogen (secondary N) is 1. The molecule has 0 aliphatic rings. The third-order valence-electron chi connectivity index (χ3n) is 4.02. The topological polar surface area (TPSA) is 92.3 Å². The van der Waals surface area contributed by atoms with Gasteiger partial charge in [0.05, 0.1) is 11.9 Å². The van der Waals surface area contributed by atoms with E-state index >= 15 is 0 Å². The van der Waals surface area contributed by atoms with Crippen molar-refractivity contribution in [2.45, 2.75) is 19.4 Å². The molecule has 9 heteroatoms. The molecular formula is C19H20N4O3S2. The van der Waals surface area contributed by atoms with E-state index in [1.165, 1.54) is 11.3 Å². The summed E-state index contributed by atoms with van der Waals surface area (Å²) < 4.78 is 25.9. The van der Waals surface area contributed by atoms with Crippen LogP contribution in [0.4, 0.5) is 10.8 Å². The molecule has 146 valence electrons. The molecule has 0 bridgehead atoms. The molecule has 0 radical (unpaired) electrons. The second kappa shape index (κ2) is 8.49. The van der Waals surface area contributed by atoms with Crippen molar-refractivity contribution in [1.82, 2.24) is 10.2 Å². The highest BCUT2D eigenvalue weighted by Gasteiger charge is 2.31. The van der Waals surface area contributed by atoms with Crippen LogP contribution in [-0.2, 0) is 14.8 Å². The lowest BCUT2D eigenvalue weighted by Crippen LogP contribution is -2.46. The Morgan fingerprint density at radius 3 is 2.25 bits per heavy atom. The molecule has 1 atom stereocenters. The van der Waals surface area contributed by atoms with E-state index in [2.05, 4.69) is 15.5 Å². The van der Waals surface area contributed by atoms with Gasteiger partial charge in [0.2, 0.25) is 21.1 Å². The van der Waals surface area contributed by atoms with Gasteiger partial charge in [-0.15, -0.1) is 10.2 Å². The summed E-state index contributed by atoms with van der Waals surface area (Å²) in [4.78, 5) is 12.9. The van der Waals surface area contributed by atoms with Gasteiger partial charge in [-0.05, 0) is 18.6 Å². The van der Waals surface area contributed by atoms with Crippen LogP contribution in [0.15, 0.2) is 60.7 Å². The first-order chi connectivity index (χ1) is 13.4. The minimum atomic E-state index is -3.66. The molecule has 2 aromatic carbocycles. The lowest BCUT2D eigenvalue weighted by Gasteiger charge is -2.29. The number of aromatic nitrogens is 2. The van der Waals surface area contributed by atoms with Gasteiger partial charge in [0.15, 0.2) is 0 Å². The second-order valence-electron chi connectivity index (χ2n) is 6.09. The van der Waals surface area contributed by atoms with Gasteiger partial charge in [-0.25, -0.2) is 8.42 Å². The molecule has 1 amide bonds. The Balaban J connectivity index is 1.84. The number of benzene rings is 2. The summed E-state index contributed by atoms with van der Waals surface area (Å²) in [5.74, 6) is -0.451. The molecule has 3 rings (SSSR count). The van der Waals surface area contributed by atoms with Crippen LogP contribution >= 0.6 is 11.3 Å². The molecule has 1 aromatic heterocycles. The summed E-state index contributed by atoms with van der Waals surface area (Å²) in [5.41, 5.74) is 1.34. The number of para-hydroxylation sites is 1. The maximum atomic E-state index is 12.9. The van der Waals surface area contributed by atoms with Gasteiger partial charge in [0.1, 0.15) is 11.0 Å². The van der Waals surface area contributed by atoms with Crippen LogP contribution in [0.25, 0.3) is 10.6 Å². The molecule has 0 spiro atoms. The second-order valence-corrected chi connectivity index (χ2v) is 8.92. The van der Waals surface area contributed by atoms with Gasteiger partial charge in [0, 0.05) is 5.56 Å². The van der Waals surface area contributed by atoms with E-state index in [0.29, 0.717) is 22.2 Å². The number of carbonyl (C=O) groups excluding carboxylic acids is 1. The lowest BCUT2D eigenvalue weighted by molar-refractivity contribution is -0.117. The Morgan fingerprint density at radius 1 is 1.07 bits per heavy atom. The maximum Gasteiger partial charge on any atom is 0.250 e. The molecule has 1 N–H and O–H groups in total. The van der Waals surface area contributed by atoms with Gasteiger partial charge >= 0.3 is 0 Å². The van der Waals surface area contributed by atoms with Crippen molar-refractivity contribution >= 4 is 38.1 Å². The minimum absolute atomic E-state index is 0.304. The van der Waals surface area contributed by atoms with Crippen molar-refractivity contribution in [1.29, 1.82) is 0 Å². The SMILES string of the molecule is CC[C@H](C(=O)Nc1nnc(-c2ccccc2)s1)N(c1ccccc1)S(C)(=O)=O. The highest BCUT2D eigenvalue weighted by atomic mass is 32.2. The van der Waals surface area contributed by atoms with E-state index in [1.54, 1.807) is 37.3 Å². The molecular weight excluding hydrogens is 396 g/mol. The molecule has 0 fully saturated rings. The van der Waals surface area contributed by atoms with Crippen molar-refractivity contribution in [2.75, 3.05) is 15.9 Å². The molecule has 0 unspecified atom stereocenters. The zero-order valence-electron chi connectivity index (χ0n) is 15.4. The van der Waals surface area contributed by atoms with Gasteiger partial charge in [-0.1, -0.05) is 66.8 Å². The predicted molar refractivity (Wildman–Crippen MR) is 112 cm³/mol. The minimum Gasteiger partial charge on any atom is -0.299 e. The van der Waals surface area contributed by atoms with Crippen molar-refractivity contribution in [3.8, 4) is 10.6 Å². The molecule has 7 nitrogen and oxygen atoms in total. The molecule has 3 aromatic rings.